The fourth-order valence-corrected chi connectivity index (χ4v) is 1.98. The maximum atomic E-state index is 12.4. The Kier molecular flexibility index (Phi) is 6.27. The van der Waals surface area contributed by atoms with Gasteiger partial charge < -0.3 is 10.2 Å². The quantitative estimate of drug-likeness (QED) is 0.909. The predicted octanol–water partition coefficient (Wildman–Crippen LogP) is 3.17. The number of rotatable bonds is 5. The lowest BCUT2D eigenvalue weighted by Crippen LogP contribution is -2.33. The predicted molar refractivity (Wildman–Crippen MR) is 90.0 cm³/mol. The Labute approximate surface area is 131 Å². The molecule has 1 atom stereocenters. The molecule has 0 heterocycles. The second kappa shape index (κ2) is 7.50. The molecule has 1 N–H and O–H groups in total. The van der Waals surface area contributed by atoms with Crippen molar-refractivity contribution in [3.63, 3.8) is 0 Å². The van der Waals surface area contributed by atoms with Gasteiger partial charge in [0.1, 0.15) is 0 Å². The molecule has 0 bridgehead atoms. The van der Waals surface area contributed by atoms with E-state index in [2.05, 4.69) is 5.32 Å². The Hall–Kier alpha value is -1.49. The van der Waals surface area contributed by atoms with Gasteiger partial charge in [0.05, 0.1) is 5.25 Å². The van der Waals surface area contributed by atoms with E-state index < -0.39 is 0 Å². The molecule has 116 valence electrons. The Morgan fingerprint density at radius 3 is 2.38 bits per heavy atom. The van der Waals surface area contributed by atoms with Crippen LogP contribution in [0.25, 0.3) is 0 Å². The highest BCUT2D eigenvalue weighted by Gasteiger charge is 2.18. The molecule has 0 aromatic heterocycles. The Bertz CT molecular complexity index is 529. The number of aryl methyl sites for hydroxylation is 1. The van der Waals surface area contributed by atoms with Gasteiger partial charge >= 0.3 is 0 Å². The number of thioether (sulfide) groups is 1. The van der Waals surface area contributed by atoms with Crippen molar-refractivity contribution in [2.45, 2.75) is 39.0 Å². The first-order valence-electron chi connectivity index (χ1n) is 6.99. The lowest BCUT2D eigenvalue weighted by Gasteiger charge is -2.22. The molecule has 0 fully saturated rings. The van der Waals surface area contributed by atoms with Crippen molar-refractivity contribution in [1.29, 1.82) is 0 Å². The van der Waals surface area contributed by atoms with E-state index in [9.17, 15) is 9.59 Å². The Morgan fingerprint density at radius 1 is 1.24 bits per heavy atom. The van der Waals surface area contributed by atoms with Crippen LogP contribution in [0.15, 0.2) is 18.2 Å². The number of amides is 2. The number of nitrogens with one attached hydrogen (secondary N) is 1. The van der Waals surface area contributed by atoms with Gasteiger partial charge in [0.2, 0.25) is 5.91 Å². The number of anilines is 1. The third kappa shape index (κ3) is 4.49. The molecule has 1 aromatic rings. The maximum absolute atomic E-state index is 12.4. The van der Waals surface area contributed by atoms with Crippen molar-refractivity contribution < 1.29 is 9.59 Å². The number of carbonyl (C=O) groups excluding carboxylic acids is 2. The summed E-state index contributed by atoms with van der Waals surface area (Å²) in [6.45, 7) is 7.70. The van der Waals surface area contributed by atoms with Crippen LogP contribution < -0.4 is 5.32 Å². The van der Waals surface area contributed by atoms with Crippen molar-refractivity contribution in [2.24, 2.45) is 0 Å². The Balaban J connectivity index is 3.00. The van der Waals surface area contributed by atoms with Crippen molar-refractivity contribution in [3.8, 4) is 0 Å². The molecular formula is C16H24N2O2S. The van der Waals surface area contributed by atoms with Crippen LogP contribution in [0.5, 0.6) is 0 Å². The Morgan fingerprint density at radius 2 is 1.86 bits per heavy atom. The van der Waals surface area contributed by atoms with Gasteiger partial charge in [-0.2, -0.15) is 11.8 Å². The van der Waals surface area contributed by atoms with E-state index in [-0.39, 0.29) is 23.1 Å². The zero-order chi connectivity index (χ0) is 16.2. The highest BCUT2D eigenvalue weighted by molar-refractivity contribution is 7.99. The normalized spacial score (nSPS) is 12.1. The molecule has 4 nitrogen and oxygen atoms in total. The zero-order valence-electron chi connectivity index (χ0n) is 13.6. The maximum Gasteiger partial charge on any atom is 0.254 e. The summed E-state index contributed by atoms with van der Waals surface area (Å²) in [5.74, 6) is -0.0847. The molecule has 0 aliphatic heterocycles. The smallest absolute Gasteiger partial charge is 0.254 e. The minimum absolute atomic E-state index is 0.0310. The lowest BCUT2D eigenvalue weighted by molar-refractivity contribution is -0.115. The molecule has 0 aliphatic rings. The molecule has 21 heavy (non-hydrogen) atoms. The van der Waals surface area contributed by atoms with Crippen molar-refractivity contribution in [2.75, 3.05) is 18.6 Å². The molecule has 1 aromatic carbocycles. The van der Waals surface area contributed by atoms with E-state index in [1.165, 1.54) is 11.8 Å². The summed E-state index contributed by atoms with van der Waals surface area (Å²) < 4.78 is 0. The summed E-state index contributed by atoms with van der Waals surface area (Å²) in [5, 5.41) is 2.73. The average Bonchev–Trinajstić information content (AvgIpc) is 2.46. The molecule has 1 unspecified atom stereocenters. The fraction of sp³-hybridized carbons (Fsp3) is 0.500. The molecule has 5 heteroatoms. The highest BCUT2D eigenvalue weighted by Crippen LogP contribution is 2.19. The van der Waals surface area contributed by atoms with Crippen molar-refractivity contribution >= 4 is 29.3 Å². The first-order chi connectivity index (χ1) is 9.77. The lowest BCUT2D eigenvalue weighted by atomic mass is 10.1. The molecule has 1 rings (SSSR count). The van der Waals surface area contributed by atoms with Crippen LogP contribution in [0.2, 0.25) is 0 Å². The molecule has 0 saturated carbocycles. The zero-order valence-corrected chi connectivity index (χ0v) is 14.4. The summed E-state index contributed by atoms with van der Waals surface area (Å²) in [6.07, 6.45) is 1.89. The van der Waals surface area contributed by atoms with E-state index in [1.54, 1.807) is 18.0 Å². The van der Waals surface area contributed by atoms with E-state index in [1.807, 2.05) is 46.1 Å². The summed E-state index contributed by atoms with van der Waals surface area (Å²) in [7, 11) is 1.79. The third-order valence-corrected chi connectivity index (χ3v) is 4.47. The number of nitrogens with zero attached hydrogens (tertiary/aromatic N) is 1. The SMILES string of the molecule is CSC(C)C(=O)Nc1ccc(C)c(C(=O)N(C)C(C)C)c1. The minimum Gasteiger partial charge on any atom is -0.339 e. The summed E-state index contributed by atoms with van der Waals surface area (Å²) in [5.41, 5.74) is 2.19. The molecule has 0 spiro atoms. The van der Waals surface area contributed by atoms with Gasteiger partial charge in [0.25, 0.3) is 5.91 Å². The van der Waals surface area contributed by atoms with E-state index >= 15 is 0 Å². The number of hydrogen-bond acceptors (Lipinski definition) is 3. The molecule has 0 radical (unpaired) electrons. The first kappa shape index (κ1) is 17.6. The fourth-order valence-electron chi connectivity index (χ4n) is 1.71. The van der Waals surface area contributed by atoms with Crippen LogP contribution in [-0.4, -0.2) is 41.3 Å². The molecular weight excluding hydrogens is 284 g/mol. The van der Waals surface area contributed by atoms with Gasteiger partial charge in [-0.3, -0.25) is 9.59 Å². The van der Waals surface area contributed by atoms with Gasteiger partial charge in [0, 0.05) is 24.3 Å². The summed E-state index contributed by atoms with van der Waals surface area (Å²) in [4.78, 5) is 26.1. The van der Waals surface area contributed by atoms with Gasteiger partial charge in [-0.1, -0.05) is 6.07 Å². The topological polar surface area (TPSA) is 49.4 Å². The van der Waals surface area contributed by atoms with Crippen LogP contribution in [0.1, 0.15) is 36.7 Å². The standard InChI is InChI=1S/C16H24N2O2S/c1-10(2)18(5)16(20)14-9-13(8-7-11(14)3)17-15(19)12(4)21-6/h7-10,12H,1-6H3,(H,17,19). The molecule has 0 saturated heterocycles. The van der Waals surface area contributed by atoms with Gasteiger partial charge in [-0.15, -0.1) is 0 Å². The van der Waals surface area contributed by atoms with Crippen LogP contribution in [0.4, 0.5) is 5.69 Å². The van der Waals surface area contributed by atoms with Gasteiger partial charge in [0.15, 0.2) is 0 Å². The monoisotopic (exact) mass is 308 g/mol. The van der Waals surface area contributed by atoms with Gasteiger partial charge in [-0.25, -0.2) is 0 Å². The van der Waals surface area contributed by atoms with E-state index in [0.29, 0.717) is 11.3 Å². The molecule has 0 aliphatic carbocycles. The van der Waals surface area contributed by atoms with Crippen LogP contribution in [-0.2, 0) is 4.79 Å². The second-order valence-corrected chi connectivity index (χ2v) is 6.59. The second-order valence-electron chi connectivity index (χ2n) is 5.41. The van der Waals surface area contributed by atoms with Crippen LogP contribution in [0, 0.1) is 6.92 Å². The minimum atomic E-state index is -0.121. The number of benzene rings is 1. The largest absolute Gasteiger partial charge is 0.339 e. The summed E-state index contributed by atoms with van der Waals surface area (Å²) in [6, 6.07) is 5.57. The first-order valence-corrected chi connectivity index (χ1v) is 8.28. The highest BCUT2D eigenvalue weighted by atomic mass is 32.2. The van der Waals surface area contributed by atoms with Crippen LogP contribution >= 0.6 is 11.8 Å². The number of carbonyl (C=O) groups is 2. The van der Waals surface area contributed by atoms with E-state index in [4.69, 9.17) is 0 Å². The molecule has 2 amide bonds. The van der Waals surface area contributed by atoms with E-state index in [0.717, 1.165) is 5.56 Å². The third-order valence-electron chi connectivity index (χ3n) is 3.55. The van der Waals surface area contributed by atoms with Crippen molar-refractivity contribution in [3.05, 3.63) is 29.3 Å². The van der Waals surface area contributed by atoms with Crippen LogP contribution in [0.3, 0.4) is 0 Å². The van der Waals surface area contributed by atoms with Gasteiger partial charge in [-0.05, 0) is 51.6 Å². The number of hydrogen-bond donors (Lipinski definition) is 1. The van der Waals surface area contributed by atoms with Crippen molar-refractivity contribution in [1.82, 2.24) is 4.90 Å². The summed E-state index contributed by atoms with van der Waals surface area (Å²) >= 11 is 1.49. The average molecular weight is 308 g/mol.